The van der Waals surface area contributed by atoms with Crippen LogP contribution in [-0.2, 0) is 9.59 Å². The quantitative estimate of drug-likeness (QED) is 0.920. The van der Waals surface area contributed by atoms with E-state index in [0.29, 0.717) is 12.3 Å². The van der Waals surface area contributed by atoms with Crippen LogP contribution >= 0.6 is 15.9 Å². The molecule has 1 N–H and O–H groups in total. The highest BCUT2D eigenvalue weighted by atomic mass is 79.9. The summed E-state index contributed by atoms with van der Waals surface area (Å²) in [6.45, 7) is 6.12. The fourth-order valence-corrected chi connectivity index (χ4v) is 2.79. The Morgan fingerprint density at radius 1 is 1.40 bits per heavy atom. The van der Waals surface area contributed by atoms with E-state index in [4.69, 9.17) is 0 Å². The van der Waals surface area contributed by atoms with Crippen LogP contribution in [0.25, 0.3) is 0 Å². The maximum atomic E-state index is 12.6. The van der Waals surface area contributed by atoms with Gasteiger partial charge in [-0.25, -0.2) is 0 Å². The Labute approximate surface area is 127 Å². The Bertz CT molecular complexity index is 543. The van der Waals surface area contributed by atoms with E-state index in [-0.39, 0.29) is 18.4 Å². The molecule has 0 bridgehead atoms. The summed E-state index contributed by atoms with van der Waals surface area (Å²) in [4.78, 5) is 26.0. The second-order valence-electron chi connectivity index (χ2n) is 5.56. The van der Waals surface area contributed by atoms with Crippen molar-refractivity contribution < 1.29 is 9.59 Å². The van der Waals surface area contributed by atoms with Crippen LogP contribution in [0.3, 0.4) is 0 Å². The van der Waals surface area contributed by atoms with Crippen LogP contribution in [0.4, 0.5) is 5.69 Å². The number of nitrogens with zero attached hydrogens (tertiary/aromatic N) is 1. The monoisotopic (exact) mass is 338 g/mol. The molecule has 1 atom stereocenters. The first kappa shape index (κ1) is 15.0. The van der Waals surface area contributed by atoms with Crippen molar-refractivity contribution in [3.8, 4) is 0 Å². The first-order chi connectivity index (χ1) is 9.40. The number of hydrogen-bond acceptors (Lipinski definition) is 2. The maximum Gasteiger partial charge on any atom is 0.250 e. The largest absolute Gasteiger partial charge is 0.343 e. The van der Waals surface area contributed by atoms with Gasteiger partial charge in [0.1, 0.15) is 12.6 Å². The van der Waals surface area contributed by atoms with Gasteiger partial charge in [0, 0.05) is 10.2 Å². The molecule has 108 valence electrons. The van der Waals surface area contributed by atoms with Crippen LogP contribution in [0.2, 0.25) is 0 Å². The summed E-state index contributed by atoms with van der Waals surface area (Å²) < 4.78 is 0.939. The van der Waals surface area contributed by atoms with Gasteiger partial charge in [-0.15, -0.1) is 0 Å². The molecule has 1 heterocycles. The van der Waals surface area contributed by atoms with E-state index in [2.05, 4.69) is 21.2 Å². The number of hydrogen-bond donors (Lipinski definition) is 1. The van der Waals surface area contributed by atoms with Crippen LogP contribution in [0.1, 0.15) is 25.8 Å². The minimum absolute atomic E-state index is 0.0282. The maximum absolute atomic E-state index is 12.6. The molecule has 1 aromatic carbocycles. The van der Waals surface area contributed by atoms with Gasteiger partial charge < -0.3 is 10.2 Å². The van der Waals surface area contributed by atoms with Gasteiger partial charge in [0.25, 0.3) is 0 Å². The highest BCUT2D eigenvalue weighted by Gasteiger charge is 2.34. The van der Waals surface area contributed by atoms with Crippen molar-refractivity contribution in [2.45, 2.75) is 33.2 Å². The third kappa shape index (κ3) is 3.03. The summed E-state index contributed by atoms with van der Waals surface area (Å²) in [6.07, 6.45) is 0.661. The molecule has 1 aliphatic heterocycles. The molecule has 0 aliphatic carbocycles. The number of benzene rings is 1. The summed E-state index contributed by atoms with van der Waals surface area (Å²) >= 11 is 3.46. The zero-order chi connectivity index (χ0) is 14.9. The number of carbonyl (C=O) groups excluding carboxylic acids is 2. The molecule has 1 unspecified atom stereocenters. The van der Waals surface area contributed by atoms with Crippen molar-refractivity contribution in [3.63, 3.8) is 0 Å². The van der Waals surface area contributed by atoms with Gasteiger partial charge in [-0.3, -0.25) is 9.59 Å². The number of halogens is 1. The van der Waals surface area contributed by atoms with Crippen LogP contribution in [0.5, 0.6) is 0 Å². The number of anilines is 1. The Balaban J connectivity index is 2.32. The smallest absolute Gasteiger partial charge is 0.250 e. The zero-order valence-corrected chi connectivity index (χ0v) is 13.5. The average Bonchev–Trinajstić information content (AvgIpc) is 2.36. The Kier molecular flexibility index (Phi) is 4.48. The van der Waals surface area contributed by atoms with E-state index in [1.807, 2.05) is 39.0 Å². The molecular weight excluding hydrogens is 320 g/mol. The van der Waals surface area contributed by atoms with Crippen LogP contribution in [-0.4, -0.2) is 24.4 Å². The number of amides is 2. The topological polar surface area (TPSA) is 49.4 Å². The summed E-state index contributed by atoms with van der Waals surface area (Å²) in [5, 5.41) is 2.79. The lowest BCUT2D eigenvalue weighted by molar-refractivity contribution is -0.131. The van der Waals surface area contributed by atoms with Crippen LogP contribution in [0, 0.1) is 12.8 Å². The van der Waals surface area contributed by atoms with Gasteiger partial charge in [-0.05, 0) is 37.0 Å². The number of piperazine rings is 1. The fourth-order valence-electron chi connectivity index (χ4n) is 2.43. The molecule has 0 radical (unpaired) electrons. The minimum Gasteiger partial charge on any atom is -0.343 e. The molecule has 0 spiro atoms. The standard InChI is InChI=1S/C15H19BrN2O2/c1-9(2)7-12-15(20)18(8-14(19)17-12)13-6-4-5-11(16)10(13)3/h4-6,9,12H,7-8H2,1-3H3,(H,17,19). The molecule has 4 nitrogen and oxygen atoms in total. The Hall–Kier alpha value is -1.36. The predicted octanol–water partition coefficient (Wildman–Crippen LogP) is 2.64. The van der Waals surface area contributed by atoms with E-state index in [9.17, 15) is 9.59 Å². The first-order valence-corrected chi connectivity index (χ1v) is 7.55. The molecule has 1 aliphatic rings. The van der Waals surface area contributed by atoms with Crippen molar-refractivity contribution in [1.82, 2.24) is 5.32 Å². The molecule has 2 rings (SSSR count). The fraction of sp³-hybridized carbons (Fsp3) is 0.467. The van der Waals surface area contributed by atoms with Crippen molar-refractivity contribution in [3.05, 3.63) is 28.2 Å². The zero-order valence-electron chi connectivity index (χ0n) is 11.9. The summed E-state index contributed by atoms with van der Waals surface area (Å²) in [6, 6.07) is 5.26. The summed E-state index contributed by atoms with van der Waals surface area (Å²) in [7, 11) is 0. The first-order valence-electron chi connectivity index (χ1n) is 6.76. The lowest BCUT2D eigenvalue weighted by Crippen LogP contribution is -2.58. The SMILES string of the molecule is Cc1c(Br)cccc1N1CC(=O)NC(CC(C)C)C1=O. The van der Waals surface area contributed by atoms with Crippen molar-refractivity contribution in [2.24, 2.45) is 5.92 Å². The predicted molar refractivity (Wildman–Crippen MR) is 82.6 cm³/mol. The van der Waals surface area contributed by atoms with Crippen molar-refractivity contribution in [2.75, 3.05) is 11.4 Å². The second-order valence-corrected chi connectivity index (χ2v) is 6.41. The molecular formula is C15H19BrN2O2. The van der Waals surface area contributed by atoms with Crippen molar-refractivity contribution >= 4 is 33.4 Å². The lowest BCUT2D eigenvalue weighted by atomic mass is 10.00. The van der Waals surface area contributed by atoms with Gasteiger partial charge in [-0.1, -0.05) is 35.8 Å². The summed E-state index contributed by atoms with van der Waals surface area (Å²) in [5.74, 6) is 0.224. The van der Waals surface area contributed by atoms with E-state index >= 15 is 0 Å². The molecule has 20 heavy (non-hydrogen) atoms. The van der Waals surface area contributed by atoms with E-state index in [1.165, 1.54) is 0 Å². The number of carbonyl (C=O) groups is 2. The lowest BCUT2D eigenvalue weighted by Gasteiger charge is -2.34. The van der Waals surface area contributed by atoms with Gasteiger partial charge in [0.05, 0.1) is 0 Å². The van der Waals surface area contributed by atoms with Crippen molar-refractivity contribution in [1.29, 1.82) is 0 Å². The van der Waals surface area contributed by atoms with E-state index in [1.54, 1.807) is 4.90 Å². The molecule has 0 saturated carbocycles. The second kappa shape index (κ2) is 5.95. The van der Waals surface area contributed by atoms with E-state index < -0.39 is 6.04 Å². The third-order valence-corrected chi connectivity index (χ3v) is 4.30. The molecule has 2 amide bonds. The highest BCUT2D eigenvalue weighted by Crippen LogP contribution is 2.28. The number of nitrogens with one attached hydrogen (secondary N) is 1. The van der Waals surface area contributed by atoms with Gasteiger partial charge in [0.15, 0.2) is 0 Å². The summed E-state index contributed by atoms with van der Waals surface area (Å²) in [5.41, 5.74) is 1.77. The molecule has 1 fully saturated rings. The van der Waals surface area contributed by atoms with Gasteiger partial charge in [-0.2, -0.15) is 0 Å². The number of rotatable bonds is 3. The molecule has 5 heteroatoms. The van der Waals surface area contributed by atoms with E-state index in [0.717, 1.165) is 15.7 Å². The third-order valence-electron chi connectivity index (χ3n) is 3.44. The average molecular weight is 339 g/mol. The Morgan fingerprint density at radius 3 is 2.75 bits per heavy atom. The molecule has 0 aromatic heterocycles. The van der Waals surface area contributed by atoms with Gasteiger partial charge in [0.2, 0.25) is 11.8 Å². The molecule has 1 aromatic rings. The minimum atomic E-state index is -0.422. The van der Waals surface area contributed by atoms with Gasteiger partial charge >= 0.3 is 0 Å². The van der Waals surface area contributed by atoms with Crippen LogP contribution in [0.15, 0.2) is 22.7 Å². The highest BCUT2D eigenvalue weighted by molar-refractivity contribution is 9.10. The normalized spacial score (nSPS) is 19.4. The van der Waals surface area contributed by atoms with Crippen LogP contribution < -0.4 is 10.2 Å². The Morgan fingerprint density at radius 2 is 2.10 bits per heavy atom. The molecule has 1 saturated heterocycles.